The molecule has 0 bridgehead atoms. The highest BCUT2D eigenvalue weighted by atomic mass is 16.5. The molecule has 0 spiro atoms. The van der Waals surface area contributed by atoms with Gasteiger partial charge in [-0.3, -0.25) is 0 Å². The Hall–Kier alpha value is -1.71. The second-order valence-electron chi connectivity index (χ2n) is 2.72. The Morgan fingerprint density at radius 2 is 2.29 bits per heavy atom. The molecule has 0 saturated carbocycles. The maximum atomic E-state index is 10.8. The number of hydrogen-bond acceptors (Lipinski definition) is 3. The highest BCUT2D eigenvalue weighted by molar-refractivity contribution is 5.93. The van der Waals surface area contributed by atoms with E-state index in [0.29, 0.717) is 11.4 Å². The average Bonchev–Trinajstić information content (AvgIpc) is 2.18. The molecule has 0 unspecified atom stereocenters. The number of para-hydroxylation sites is 1. The van der Waals surface area contributed by atoms with Crippen LogP contribution in [0, 0.1) is 0 Å². The third-order valence-corrected chi connectivity index (χ3v) is 1.82. The molecule has 1 aromatic rings. The first-order chi connectivity index (χ1) is 6.70. The molecular formula is C10H13NO3. The molecule has 2 N–H and O–H groups in total. The molecule has 4 heteroatoms. The van der Waals surface area contributed by atoms with E-state index in [1.807, 2.05) is 6.92 Å². The molecule has 0 atom stereocenters. The Kier molecular flexibility index (Phi) is 3.34. The van der Waals surface area contributed by atoms with Gasteiger partial charge in [-0.05, 0) is 19.1 Å². The first-order valence-electron chi connectivity index (χ1n) is 4.34. The van der Waals surface area contributed by atoms with Crippen LogP contribution in [-0.4, -0.2) is 24.7 Å². The van der Waals surface area contributed by atoms with E-state index in [0.717, 1.165) is 6.54 Å². The SMILES string of the molecule is CCNc1cccc(C(=O)O)c1OC. The van der Waals surface area contributed by atoms with Crippen LogP contribution in [0.3, 0.4) is 0 Å². The maximum Gasteiger partial charge on any atom is 0.339 e. The van der Waals surface area contributed by atoms with E-state index in [1.165, 1.54) is 13.2 Å². The molecule has 0 aliphatic carbocycles. The fourth-order valence-electron chi connectivity index (χ4n) is 1.26. The lowest BCUT2D eigenvalue weighted by molar-refractivity contribution is 0.0693. The second kappa shape index (κ2) is 4.50. The van der Waals surface area contributed by atoms with Crippen LogP contribution in [-0.2, 0) is 0 Å². The van der Waals surface area contributed by atoms with E-state index < -0.39 is 5.97 Å². The van der Waals surface area contributed by atoms with Gasteiger partial charge in [0.25, 0.3) is 0 Å². The number of nitrogens with one attached hydrogen (secondary N) is 1. The van der Waals surface area contributed by atoms with Crippen molar-refractivity contribution in [3.63, 3.8) is 0 Å². The number of hydrogen-bond donors (Lipinski definition) is 2. The van der Waals surface area contributed by atoms with Crippen molar-refractivity contribution in [3.05, 3.63) is 23.8 Å². The Balaban J connectivity index is 3.17. The summed E-state index contributed by atoms with van der Waals surface area (Å²) in [6.07, 6.45) is 0. The van der Waals surface area contributed by atoms with Gasteiger partial charge >= 0.3 is 5.97 Å². The van der Waals surface area contributed by atoms with E-state index >= 15 is 0 Å². The summed E-state index contributed by atoms with van der Waals surface area (Å²) >= 11 is 0. The van der Waals surface area contributed by atoms with Crippen molar-refractivity contribution in [1.29, 1.82) is 0 Å². The van der Waals surface area contributed by atoms with E-state index in [2.05, 4.69) is 5.32 Å². The molecule has 0 aliphatic rings. The molecule has 0 aromatic heterocycles. The summed E-state index contributed by atoms with van der Waals surface area (Å²) in [5.74, 6) is -0.608. The van der Waals surface area contributed by atoms with Gasteiger partial charge in [-0.1, -0.05) is 6.07 Å². The minimum atomic E-state index is -0.985. The Bertz CT molecular complexity index is 336. The summed E-state index contributed by atoms with van der Waals surface area (Å²) < 4.78 is 5.05. The molecule has 0 heterocycles. The molecule has 0 radical (unpaired) electrons. The summed E-state index contributed by atoms with van der Waals surface area (Å²) in [6, 6.07) is 4.99. The van der Waals surface area contributed by atoms with Crippen molar-refractivity contribution in [2.75, 3.05) is 19.0 Å². The average molecular weight is 195 g/mol. The van der Waals surface area contributed by atoms with Gasteiger partial charge in [0.05, 0.1) is 12.8 Å². The topological polar surface area (TPSA) is 58.6 Å². The first-order valence-corrected chi connectivity index (χ1v) is 4.34. The normalized spacial score (nSPS) is 9.57. The zero-order chi connectivity index (χ0) is 10.6. The number of carboxylic acids is 1. The highest BCUT2D eigenvalue weighted by Gasteiger charge is 2.13. The summed E-state index contributed by atoms with van der Waals surface area (Å²) in [4.78, 5) is 10.8. The van der Waals surface area contributed by atoms with Gasteiger partial charge in [-0.25, -0.2) is 4.79 Å². The van der Waals surface area contributed by atoms with Crippen molar-refractivity contribution in [2.24, 2.45) is 0 Å². The first kappa shape index (κ1) is 10.4. The van der Waals surface area contributed by atoms with E-state index in [4.69, 9.17) is 9.84 Å². The summed E-state index contributed by atoms with van der Waals surface area (Å²) in [7, 11) is 1.46. The molecule has 14 heavy (non-hydrogen) atoms. The molecule has 1 rings (SSSR count). The van der Waals surface area contributed by atoms with Crippen LogP contribution in [0.25, 0.3) is 0 Å². The molecule has 76 valence electrons. The molecule has 0 fully saturated rings. The third kappa shape index (κ3) is 1.96. The molecule has 4 nitrogen and oxygen atoms in total. The van der Waals surface area contributed by atoms with Crippen LogP contribution >= 0.6 is 0 Å². The molecule has 1 aromatic carbocycles. The second-order valence-corrected chi connectivity index (χ2v) is 2.72. The molecule has 0 amide bonds. The Morgan fingerprint density at radius 3 is 2.79 bits per heavy atom. The van der Waals surface area contributed by atoms with Gasteiger partial charge in [0.15, 0.2) is 5.75 Å². The van der Waals surface area contributed by atoms with Crippen LogP contribution in [0.1, 0.15) is 17.3 Å². The minimum Gasteiger partial charge on any atom is -0.494 e. The number of aromatic carboxylic acids is 1. The smallest absolute Gasteiger partial charge is 0.339 e. The number of anilines is 1. The Labute approximate surface area is 82.5 Å². The minimum absolute atomic E-state index is 0.172. The fraction of sp³-hybridized carbons (Fsp3) is 0.300. The standard InChI is InChI=1S/C10H13NO3/c1-3-11-8-6-4-5-7(10(12)13)9(8)14-2/h4-6,11H,3H2,1-2H3,(H,12,13). The molecule has 0 aliphatic heterocycles. The monoisotopic (exact) mass is 195 g/mol. The quantitative estimate of drug-likeness (QED) is 0.769. The zero-order valence-electron chi connectivity index (χ0n) is 8.20. The maximum absolute atomic E-state index is 10.8. The largest absolute Gasteiger partial charge is 0.494 e. The van der Waals surface area contributed by atoms with E-state index in [1.54, 1.807) is 12.1 Å². The molecule has 0 saturated heterocycles. The van der Waals surface area contributed by atoms with Crippen LogP contribution in [0.15, 0.2) is 18.2 Å². The fourth-order valence-corrected chi connectivity index (χ4v) is 1.26. The van der Waals surface area contributed by atoms with Crippen LogP contribution in [0.5, 0.6) is 5.75 Å². The summed E-state index contributed by atoms with van der Waals surface area (Å²) in [5, 5.41) is 11.9. The van der Waals surface area contributed by atoms with E-state index in [-0.39, 0.29) is 5.56 Å². The number of benzene rings is 1. The number of methoxy groups -OCH3 is 1. The van der Waals surface area contributed by atoms with Crippen molar-refractivity contribution in [1.82, 2.24) is 0 Å². The van der Waals surface area contributed by atoms with Gasteiger partial charge in [0, 0.05) is 6.54 Å². The molecular weight excluding hydrogens is 182 g/mol. The highest BCUT2D eigenvalue weighted by Crippen LogP contribution is 2.28. The van der Waals surface area contributed by atoms with Crippen molar-refractivity contribution in [2.45, 2.75) is 6.92 Å². The predicted octanol–water partition coefficient (Wildman–Crippen LogP) is 1.83. The van der Waals surface area contributed by atoms with Gasteiger partial charge < -0.3 is 15.2 Å². The van der Waals surface area contributed by atoms with Crippen molar-refractivity contribution >= 4 is 11.7 Å². The zero-order valence-corrected chi connectivity index (χ0v) is 8.20. The lowest BCUT2D eigenvalue weighted by Crippen LogP contribution is -2.05. The summed E-state index contributed by atoms with van der Waals surface area (Å²) in [6.45, 7) is 2.66. The third-order valence-electron chi connectivity index (χ3n) is 1.82. The van der Waals surface area contributed by atoms with Gasteiger partial charge in [0.2, 0.25) is 0 Å². The lowest BCUT2D eigenvalue weighted by Gasteiger charge is -2.11. The van der Waals surface area contributed by atoms with Gasteiger partial charge in [-0.15, -0.1) is 0 Å². The van der Waals surface area contributed by atoms with Crippen LogP contribution in [0.2, 0.25) is 0 Å². The summed E-state index contributed by atoms with van der Waals surface area (Å²) in [5.41, 5.74) is 0.876. The lowest BCUT2D eigenvalue weighted by atomic mass is 10.1. The Morgan fingerprint density at radius 1 is 1.57 bits per heavy atom. The van der Waals surface area contributed by atoms with Crippen LogP contribution in [0.4, 0.5) is 5.69 Å². The number of carboxylic acid groups (broad SMARTS) is 1. The number of ether oxygens (including phenoxy) is 1. The van der Waals surface area contributed by atoms with Crippen molar-refractivity contribution in [3.8, 4) is 5.75 Å². The van der Waals surface area contributed by atoms with Gasteiger partial charge in [0.1, 0.15) is 5.56 Å². The van der Waals surface area contributed by atoms with Crippen molar-refractivity contribution < 1.29 is 14.6 Å². The number of carbonyl (C=O) groups is 1. The van der Waals surface area contributed by atoms with Gasteiger partial charge in [-0.2, -0.15) is 0 Å². The van der Waals surface area contributed by atoms with Crippen LogP contribution < -0.4 is 10.1 Å². The predicted molar refractivity (Wildman–Crippen MR) is 54.1 cm³/mol. The number of rotatable bonds is 4. The van der Waals surface area contributed by atoms with E-state index in [9.17, 15) is 4.79 Å².